The first-order chi connectivity index (χ1) is 10.4. The number of guanidine groups is 1. The van der Waals surface area contributed by atoms with Crippen molar-refractivity contribution >= 4 is 52.1 Å². The van der Waals surface area contributed by atoms with Crippen LogP contribution in [0.25, 0.3) is 0 Å². The zero-order chi connectivity index (χ0) is 16.1. The summed E-state index contributed by atoms with van der Waals surface area (Å²) in [7, 11) is 0. The lowest BCUT2D eigenvalue weighted by atomic mass is 10.2. The van der Waals surface area contributed by atoms with Gasteiger partial charge in [0.05, 0.1) is 17.0 Å². The second kappa shape index (κ2) is 8.06. The van der Waals surface area contributed by atoms with Crippen molar-refractivity contribution < 1.29 is 9.72 Å². The van der Waals surface area contributed by atoms with Crippen molar-refractivity contribution in [2.24, 2.45) is 16.5 Å². The topological polar surface area (TPSA) is 150 Å². The molecule has 2 aromatic rings. The molecule has 1 aromatic heterocycles. The van der Waals surface area contributed by atoms with Crippen molar-refractivity contribution in [3.05, 3.63) is 45.5 Å². The predicted molar refractivity (Wildman–Crippen MR) is 90.3 cm³/mol. The van der Waals surface area contributed by atoms with Crippen molar-refractivity contribution in [2.45, 2.75) is 6.42 Å². The normalized spacial score (nSPS) is 9.57. The Bertz CT molecular complexity index is 727. The lowest BCUT2D eigenvalue weighted by molar-refractivity contribution is -0.384. The van der Waals surface area contributed by atoms with Crippen LogP contribution in [0.5, 0.6) is 0 Å². The van der Waals surface area contributed by atoms with Crippen LogP contribution < -0.4 is 16.8 Å². The summed E-state index contributed by atoms with van der Waals surface area (Å²) in [5.41, 5.74) is 11.4. The van der Waals surface area contributed by atoms with Gasteiger partial charge >= 0.3 is 0 Å². The maximum Gasteiger partial charge on any atom is 0.269 e. The van der Waals surface area contributed by atoms with E-state index in [-0.39, 0.29) is 36.4 Å². The zero-order valence-electron chi connectivity index (χ0n) is 11.6. The average Bonchev–Trinajstić information content (AvgIpc) is 2.85. The van der Waals surface area contributed by atoms with E-state index in [4.69, 9.17) is 11.5 Å². The third-order valence-corrected chi connectivity index (χ3v) is 3.25. The maximum absolute atomic E-state index is 11.9. The lowest BCUT2D eigenvalue weighted by Gasteiger charge is -2.03. The molecule has 0 bridgehead atoms. The molecule has 0 fully saturated rings. The quantitative estimate of drug-likeness (QED) is 0.320. The molecule has 9 nitrogen and oxygen atoms in total. The van der Waals surface area contributed by atoms with Crippen molar-refractivity contribution in [3.63, 3.8) is 0 Å². The fraction of sp³-hybridized carbons (Fsp3) is 0.0833. The molecule has 0 atom stereocenters. The van der Waals surface area contributed by atoms with Crippen LogP contribution in [0.1, 0.15) is 5.69 Å². The minimum atomic E-state index is -0.508. The van der Waals surface area contributed by atoms with Crippen LogP contribution in [0.3, 0.4) is 0 Å². The van der Waals surface area contributed by atoms with E-state index in [1.807, 2.05) is 0 Å². The molecule has 23 heavy (non-hydrogen) atoms. The minimum Gasteiger partial charge on any atom is -0.370 e. The van der Waals surface area contributed by atoms with E-state index in [0.717, 1.165) is 0 Å². The molecule has 11 heteroatoms. The maximum atomic E-state index is 11.9. The molecule has 0 aliphatic heterocycles. The molecular weight excluding hydrogens is 344 g/mol. The third kappa shape index (κ3) is 5.52. The fourth-order valence-electron chi connectivity index (χ4n) is 1.58. The van der Waals surface area contributed by atoms with Crippen molar-refractivity contribution in [1.29, 1.82) is 0 Å². The van der Waals surface area contributed by atoms with Crippen LogP contribution in [-0.4, -0.2) is 21.8 Å². The molecule has 0 saturated heterocycles. The molecule has 0 aliphatic carbocycles. The smallest absolute Gasteiger partial charge is 0.269 e. The number of thiazole rings is 1. The molecule has 1 amide bonds. The van der Waals surface area contributed by atoms with Crippen LogP contribution in [-0.2, 0) is 11.2 Å². The van der Waals surface area contributed by atoms with Crippen molar-refractivity contribution in [1.82, 2.24) is 4.98 Å². The fourth-order valence-corrected chi connectivity index (χ4v) is 2.28. The number of nitrogens with one attached hydrogen (secondary N) is 1. The van der Waals surface area contributed by atoms with E-state index >= 15 is 0 Å². The summed E-state index contributed by atoms with van der Waals surface area (Å²) in [6.07, 6.45) is 0.0491. The van der Waals surface area contributed by atoms with Gasteiger partial charge in [0.25, 0.3) is 5.69 Å². The monoisotopic (exact) mass is 356 g/mol. The first-order valence-corrected chi connectivity index (χ1v) is 6.90. The molecule has 122 valence electrons. The minimum absolute atomic E-state index is 0. The third-order valence-electron chi connectivity index (χ3n) is 2.47. The van der Waals surface area contributed by atoms with Crippen molar-refractivity contribution in [3.8, 4) is 0 Å². The Morgan fingerprint density at radius 1 is 1.35 bits per heavy atom. The summed E-state index contributed by atoms with van der Waals surface area (Å²) in [4.78, 5) is 29.8. The Morgan fingerprint density at radius 3 is 2.57 bits per heavy atom. The van der Waals surface area contributed by atoms with Crippen LogP contribution in [0.4, 0.5) is 16.5 Å². The van der Waals surface area contributed by atoms with Gasteiger partial charge in [-0.25, -0.2) is 4.98 Å². The summed E-state index contributed by atoms with van der Waals surface area (Å²) >= 11 is 1.22. The number of hydrogen-bond donors (Lipinski definition) is 3. The van der Waals surface area contributed by atoms with Gasteiger partial charge in [-0.1, -0.05) is 0 Å². The Morgan fingerprint density at radius 2 is 2.00 bits per heavy atom. The first kappa shape index (κ1) is 18.3. The van der Waals surface area contributed by atoms with Gasteiger partial charge in [0, 0.05) is 23.2 Å². The Hall–Kier alpha value is -2.72. The number of aliphatic imine (C=N–C) groups is 1. The van der Waals surface area contributed by atoms with Crippen LogP contribution in [0.2, 0.25) is 0 Å². The van der Waals surface area contributed by atoms with Crippen LogP contribution in [0, 0.1) is 10.1 Å². The highest BCUT2D eigenvalue weighted by Gasteiger charge is 2.09. The summed E-state index contributed by atoms with van der Waals surface area (Å²) in [6.45, 7) is 0. The van der Waals surface area contributed by atoms with Crippen LogP contribution in [0.15, 0.2) is 34.6 Å². The SMILES string of the molecule is Cl.NC(N)=Nc1nc(CC(=O)Nc2ccc([N+](=O)[O-])cc2)cs1. The summed E-state index contributed by atoms with van der Waals surface area (Å²) < 4.78 is 0. The van der Waals surface area contributed by atoms with E-state index in [9.17, 15) is 14.9 Å². The molecular formula is C12H13ClN6O3S. The summed E-state index contributed by atoms with van der Waals surface area (Å²) in [5, 5.41) is 15.2. The van der Waals surface area contributed by atoms with Gasteiger partial charge < -0.3 is 16.8 Å². The first-order valence-electron chi connectivity index (χ1n) is 6.02. The number of nitrogens with two attached hydrogens (primary N) is 2. The van der Waals surface area contributed by atoms with Crippen LogP contribution >= 0.6 is 23.7 Å². The standard InChI is InChI=1S/C12H12N6O3S.ClH/c13-11(14)17-12-16-8(6-22-12)5-10(19)15-7-1-3-9(4-2-7)18(20)21;/h1-4,6H,5H2,(H,15,19)(H4,13,14,16,17);1H. The molecule has 0 aliphatic rings. The van der Waals surface area contributed by atoms with Gasteiger partial charge in [-0.15, -0.1) is 23.7 Å². The molecule has 0 unspecified atom stereocenters. The second-order valence-corrected chi connectivity index (χ2v) is 5.02. The summed E-state index contributed by atoms with van der Waals surface area (Å²) in [5.74, 6) is -0.397. The number of halogens is 1. The molecule has 0 radical (unpaired) electrons. The number of nitro benzene ring substituents is 1. The predicted octanol–water partition coefficient (Wildman–Crippen LogP) is 1.56. The number of hydrogen-bond acceptors (Lipinski definition) is 6. The van der Waals surface area contributed by atoms with Gasteiger partial charge in [-0.2, -0.15) is 4.99 Å². The Kier molecular flexibility index (Phi) is 6.42. The number of amides is 1. The van der Waals surface area contributed by atoms with E-state index < -0.39 is 4.92 Å². The van der Waals surface area contributed by atoms with E-state index in [2.05, 4.69) is 15.3 Å². The highest BCUT2D eigenvalue weighted by atomic mass is 35.5. The summed E-state index contributed by atoms with van der Waals surface area (Å²) in [6, 6.07) is 5.55. The number of nitrogens with zero attached hydrogens (tertiary/aromatic N) is 3. The van der Waals surface area contributed by atoms with Gasteiger partial charge in [0.2, 0.25) is 11.0 Å². The number of aromatic nitrogens is 1. The number of non-ortho nitro benzene ring substituents is 1. The van der Waals surface area contributed by atoms with Gasteiger partial charge in [0.1, 0.15) is 0 Å². The molecule has 1 heterocycles. The number of rotatable bonds is 5. The van der Waals surface area contributed by atoms with E-state index in [1.54, 1.807) is 5.38 Å². The van der Waals surface area contributed by atoms with Gasteiger partial charge in [0.15, 0.2) is 5.96 Å². The lowest BCUT2D eigenvalue weighted by Crippen LogP contribution is -2.21. The van der Waals surface area contributed by atoms with Gasteiger partial charge in [-0.3, -0.25) is 14.9 Å². The Labute approximate surface area is 141 Å². The number of carbonyl (C=O) groups is 1. The Balaban J connectivity index is 0.00000264. The number of nitro groups is 1. The number of anilines is 1. The second-order valence-electron chi connectivity index (χ2n) is 4.19. The highest BCUT2D eigenvalue weighted by molar-refractivity contribution is 7.13. The largest absolute Gasteiger partial charge is 0.370 e. The molecule has 0 saturated carbocycles. The zero-order valence-corrected chi connectivity index (χ0v) is 13.3. The molecule has 1 aromatic carbocycles. The molecule has 2 rings (SSSR count). The molecule has 0 spiro atoms. The molecule has 5 N–H and O–H groups in total. The van der Waals surface area contributed by atoms with E-state index in [0.29, 0.717) is 16.5 Å². The highest BCUT2D eigenvalue weighted by Crippen LogP contribution is 2.19. The van der Waals surface area contributed by atoms with Gasteiger partial charge in [-0.05, 0) is 12.1 Å². The van der Waals surface area contributed by atoms with E-state index in [1.165, 1.54) is 35.6 Å². The number of benzene rings is 1. The number of carbonyl (C=O) groups excluding carboxylic acids is 1. The van der Waals surface area contributed by atoms with Crippen molar-refractivity contribution in [2.75, 3.05) is 5.32 Å². The average molecular weight is 357 g/mol.